The van der Waals surface area contributed by atoms with Crippen LogP contribution in [0.5, 0.6) is 17.2 Å². The summed E-state index contributed by atoms with van der Waals surface area (Å²) in [5, 5.41) is 8.29. The molecule has 0 spiro atoms. The van der Waals surface area contributed by atoms with Crippen LogP contribution >= 0.6 is 8.60 Å². The van der Waals surface area contributed by atoms with Gasteiger partial charge in [-0.3, -0.25) is 0 Å². The van der Waals surface area contributed by atoms with Gasteiger partial charge >= 0.3 is 67.3 Å². The fourth-order valence-corrected chi connectivity index (χ4v) is 6.87. The molecule has 4 rings (SSSR count). The van der Waals surface area contributed by atoms with Gasteiger partial charge in [-0.05, 0) is 79.5 Å². The second-order valence-electron chi connectivity index (χ2n) is 21.6. The molecule has 0 aromatic heterocycles. The van der Waals surface area contributed by atoms with Gasteiger partial charge in [0.05, 0.1) is 11.6 Å². The maximum absolute atomic E-state index is 11.2. The fourth-order valence-electron chi connectivity index (χ4n) is 5.80. The summed E-state index contributed by atoms with van der Waals surface area (Å²) in [6.07, 6.45) is 0. The Labute approximate surface area is 387 Å². The number of hydrogen-bond donors (Lipinski definition) is 0. The van der Waals surface area contributed by atoms with Gasteiger partial charge in [0, 0.05) is 16.7 Å². The zero-order valence-corrected chi connectivity index (χ0v) is 45.3. The van der Waals surface area contributed by atoms with Gasteiger partial charge in [-0.25, -0.2) is 0 Å². The Balaban J connectivity index is 0.00000101. The first-order valence-electron chi connectivity index (χ1n) is 20.3. The van der Waals surface area contributed by atoms with E-state index in [2.05, 4.69) is 179 Å². The Morgan fingerprint density at radius 2 is 0.661 bits per heavy atom. The van der Waals surface area contributed by atoms with Gasteiger partial charge < -0.3 is 13.6 Å². The van der Waals surface area contributed by atoms with Crippen molar-refractivity contribution in [3.8, 4) is 23.3 Å². The van der Waals surface area contributed by atoms with Crippen LogP contribution in [0.25, 0.3) is 0 Å². The van der Waals surface area contributed by atoms with Crippen LogP contribution in [0.15, 0.2) is 84.9 Å². The van der Waals surface area contributed by atoms with Crippen molar-refractivity contribution in [1.82, 2.24) is 0 Å². The van der Waals surface area contributed by atoms with Gasteiger partial charge in [0.25, 0.3) is 0 Å². The fraction of sp³-hybridized carbons (Fsp3) is 0.490. The molecule has 0 fully saturated rings. The predicted octanol–water partition coefficient (Wildman–Crippen LogP) is 16.9. The van der Waals surface area contributed by atoms with E-state index < -0.39 is 28.1 Å². The van der Waals surface area contributed by atoms with Crippen LogP contribution in [-0.2, 0) is 54.9 Å². The molecule has 350 valence electrons. The summed E-state index contributed by atoms with van der Waals surface area (Å²) in [4.78, 5) is 0. The standard InChI is InChI=1S/C42H63O3P.C7H5N.Au.6FH.Sb/c1-37(2,3)28-19-22-34(31(25-28)40(10,11)12)43-46(44-35-23-20-29(38(4,5)6)26-32(35)41(13,14)15)45-36-24-21-30(39(7,8)9)27-33(36)42(16,17)18;8-6-7-4-2-1-3-5-7;;;;;;;;/h19-27H,1-18H3;1-5H;;6*1H;/q;;+1;;;;;;;+5/p-6. The van der Waals surface area contributed by atoms with Gasteiger partial charge in [-0.2, -0.15) is 5.26 Å². The molecule has 62 heavy (non-hydrogen) atoms. The molecule has 4 aromatic carbocycles. The molecular formula is C49H68AuF6NO3PSb. The van der Waals surface area contributed by atoms with E-state index in [-0.39, 0.29) is 54.9 Å². The van der Waals surface area contributed by atoms with Crippen molar-refractivity contribution in [2.45, 2.75) is 157 Å². The molecule has 0 N–H and O–H groups in total. The van der Waals surface area contributed by atoms with Gasteiger partial charge in [0.1, 0.15) is 17.2 Å². The van der Waals surface area contributed by atoms with Gasteiger partial charge in [0.15, 0.2) is 0 Å². The van der Waals surface area contributed by atoms with E-state index in [4.69, 9.17) is 18.8 Å². The molecule has 0 radical (unpaired) electrons. The summed E-state index contributed by atoms with van der Waals surface area (Å²) in [5.41, 5.74) is 7.56. The number of hydrogen-bond acceptors (Lipinski definition) is 4. The van der Waals surface area contributed by atoms with Crippen molar-refractivity contribution < 1.29 is 52.8 Å². The molecule has 0 saturated heterocycles. The maximum atomic E-state index is 9.93. The Kier molecular flexibility index (Phi) is 18.0. The Bertz CT molecular complexity index is 1960. The minimum atomic E-state index is -11.2. The Morgan fingerprint density at radius 3 is 0.839 bits per heavy atom. The monoisotopic (exact) mass is 1180 g/mol. The summed E-state index contributed by atoms with van der Waals surface area (Å²) in [6.45, 7) is 40.3. The first kappa shape index (κ1) is 57.4. The molecule has 0 heterocycles. The van der Waals surface area contributed by atoms with Crippen LogP contribution in [0.3, 0.4) is 0 Å². The first-order valence-corrected chi connectivity index (χ1v) is 27.2. The third-order valence-electron chi connectivity index (χ3n) is 9.38. The van der Waals surface area contributed by atoms with E-state index in [9.17, 15) is 16.9 Å². The number of nitriles is 1. The zero-order chi connectivity index (χ0) is 47.5. The summed E-state index contributed by atoms with van der Waals surface area (Å²) >= 11 is -11.2. The average molecular weight is 1180 g/mol. The second kappa shape index (κ2) is 19.4. The summed E-state index contributed by atoms with van der Waals surface area (Å²) in [5.74, 6) is 2.37. The quantitative estimate of drug-likeness (QED) is 0.110. The number of nitrogens with zero attached hydrogens (tertiary/aromatic N) is 1. The zero-order valence-electron chi connectivity index (χ0n) is 39.7. The van der Waals surface area contributed by atoms with E-state index in [0.717, 1.165) is 33.9 Å². The molecule has 0 aliphatic carbocycles. The van der Waals surface area contributed by atoms with E-state index in [1.54, 1.807) is 12.1 Å². The van der Waals surface area contributed by atoms with Crippen LogP contribution in [-0.4, -0.2) is 19.5 Å². The molecule has 0 bridgehead atoms. The van der Waals surface area contributed by atoms with E-state index in [1.807, 2.05) is 24.3 Å². The molecule has 0 aliphatic heterocycles. The summed E-state index contributed by atoms with van der Waals surface area (Å²) in [6, 6.07) is 30.9. The van der Waals surface area contributed by atoms with Crippen LogP contribution in [0.2, 0.25) is 0 Å². The minimum absolute atomic E-state index is 0. The van der Waals surface area contributed by atoms with Crippen molar-refractivity contribution in [3.63, 3.8) is 0 Å². The molecule has 0 unspecified atom stereocenters. The van der Waals surface area contributed by atoms with Crippen molar-refractivity contribution in [2.75, 3.05) is 0 Å². The predicted molar refractivity (Wildman–Crippen MR) is 244 cm³/mol. The van der Waals surface area contributed by atoms with Gasteiger partial charge in [0.2, 0.25) is 0 Å². The molecular weight excluding hydrogens is 1110 g/mol. The average Bonchev–Trinajstić information content (AvgIpc) is 3.05. The molecule has 13 heteroatoms. The number of halogens is 6. The van der Waals surface area contributed by atoms with Crippen molar-refractivity contribution in [2.24, 2.45) is 0 Å². The third kappa shape index (κ3) is 20.4. The van der Waals surface area contributed by atoms with Crippen LogP contribution < -0.4 is 13.6 Å². The third-order valence-corrected chi connectivity index (χ3v) is 10.4. The molecule has 0 saturated carbocycles. The molecule has 0 amide bonds. The molecule has 0 atom stereocenters. The first-order chi connectivity index (χ1) is 27.0. The Morgan fingerprint density at radius 1 is 0.419 bits per heavy atom. The number of benzene rings is 4. The van der Waals surface area contributed by atoms with E-state index in [1.165, 1.54) is 16.7 Å². The topological polar surface area (TPSA) is 51.5 Å². The molecule has 0 aliphatic rings. The van der Waals surface area contributed by atoms with Crippen molar-refractivity contribution in [1.29, 1.82) is 5.26 Å². The van der Waals surface area contributed by atoms with E-state index >= 15 is 0 Å². The van der Waals surface area contributed by atoms with E-state index in [0.29, 0.717) is 5.56 Å². The second-order valence-corrected chi connectivity index (χ2v) is 28.0. The summed E-state index contributed by atoms with van der Waals surface area (Å²) in [7, 11) is -1.89. The SMILES string of the molecule is CC(C)(C)c1ccc(OP(Oc2ccc(C(C)(C)C)cc2C(C)(C)C)Oc2ccc(C(C)(C)C)cc2C(C)(C)C)c(C(C)(C)C)c1.N#Cc1ccccc1.[Au+].[F][Sb-]([F])([F])([F])([F])[F]. The van der Waals surface area contributed by atoms with Gasteiger partial charge in [-0.1, -0.05) is 179 Å². The van der Waals surface area contributed by atoms with Crippen molar-refractivity contribution in [3.05, 3.63) is 124 Å². The van der Waals surface area contributed by atoms with Crippen LogP contribution in [0.1, 0.15) is 164 Å². The Hall–Kier alpha value is -2.66. The van der Waals surface area contributed by atoms with Gasteiger partial charge in [-0.15, -0.1) is 0 Å². The molecule has 4 aromatic rings. The summed E-state index contributed by atoms with van der Waals surface area (Å²) < 4.78 is 80.2. The van der Waals surface area contributed by atoms with Crippen molar-refractivity contribution >= 4 is 28.1 Å². The molecule has 4 nitrogen and oxygen atoms in total. The van der Waals surface area contributed by atoms with Crippen LogP contribution in [0, 0.1) is 11.3 Å². The number of rotatable bonds is 6. The van der Waals surface area contributed by atoms with Crippen LogP contribution in [0.4, 0.5) is 16.9 Å². The normalized spacial score (nSPS) is 13.7.